The minimum absolute atomic E-state index is 0.607. The molecule has 0 aliphatic carbocycles. The van der Waals surface area contributed by atoms with Gasteiger partial charge in [-0.05, 0) is 61.5 Å². The molecule has 2 nitrogen and oxygen atoms in total. The lowest BCUT2D eigenvalue weighted by atomic mass is 10.0. The number of thiophene rings is 1. The van der Waals surface area contributed by atoms with Gasteiger partial charge in [-0.25, -0.2) is 0 Å². The van der Waals surface area contributed by atoms with Gasteiger partial charge in [0.2, 0.25) is 0 Å². The SMILES string of the molecule is CC(Cc1ccsc1)NC1CCN2CCCC12. The second-order valence-electron chi connectivity index (χ2n) is 5.54. The Hall–Kier alpha value is -0.380. The van der Waals surface area contributed by atoms with Crippen LogP contribution < -0.4 is 5.32 Å². The third-order valence-corrected chi connectivity index (χ3v) is 4.96. The highest BCUT2D eigenvalue weighted by atomic mass is 32.1. The van der Waals surface area contributed by atoms with E-state index in [1.165, 1.54) is 44.3 Å². The number of fused-ring (bicyclic) bond motifs is 1. The van der Waals surface area contributed by atoms with Gasteiger partial charge in [-0.2, -0.15) is 11.3 Å². The first-order valence-corrected chi connectivity index (χ1v) is 7.78. The Balaban J connectivity index is 1.53. The van der Waals surface area contributed by atoms with Crippen molar-refractivity contribution in [3.63, 3.8) is 0 Å². The quantitative estimate of drug-likeness (QED) is 0.883. The van der Waals surface area contributed by atoms with Crippen LogP contribution in [0.2, 0.25) is 0 Å². The normalized spacial score (nSPS) is 30.6. The van der Waals surface area contributed by atoms with Gasteiger partial charge in [-0.1, -0.05) is 0 Å². The molecule has 0 aromatic carbocycles. The highest BCUT2D eigenvalue weighted by Gasteiger charge is 2.37. The summed E-state index contributed by atoms with van der Waals surface area (Å²) in [6, 6.07) is 4.43. The first-order chi connectivity index (χ1) is 8.33. The maximum absolute atomic E-state index is 3.85. The van der Waals surface area contributed by atoms with Crippen LogP contribution in [0, 0.1) is 0 Å². The Morgan fingerprint density at radius 3 is 3.24 bits per heavy atom. The molecule has 94 valence electrons. The first-order valence-electron chi connectivity index (χ1n) is 6.84. The predicted molar refractivity (Wildman–Crippen MR) is 73.6 cm³/mol. The second kappa shape index (κ2) is 5.09. The Morgan fingerprint density at radius 1 is 1.47 bits per heavy atom. The van der Waals surface area contributed by atoms with Crippen molar-refractivity contribution >= 4 is 11.3 Å². The van der Waals surface area contributed by atoms with E-state index in [4.69, 9.17) is 0 Å². The molecule has 2 saturated heterocycles. The van der Waals surface area contributed by atoms with E-state index in [1.807, 2.05) is 0 Å². The standard InChI is InChI=1S/C14H22N2S/c1-11(9-12-5-8-17-10-12)15-13-4-7-16-6-2-3-14(13)16/h5,8,10-11,13-15H,2-4,6-7,9H2,1H3. The van der Waals surface area contributed by atoms with Crippen LogP contribution in [0.15, 0.2) is 16.8 Å². The van der Waals surface area contributed by atoms with Gasteiger partial charge in [-0.3, -0.25) is 4.90 Å². The number of hydrogen-bond acceptors (Lipinski definition) is 3. The molecule has 0 radical (unpaired) electrons. The summed E-state index contributed by atoms with van der Waals surface area (Å²) in [5.74, 6) is 0. The van der Waals surface area contributed by atoms with Crippen molar-refractivity contribution in [1.29, 1.82) is 0 Å². The molecule has 0 bridgehead atoms. The second-order valence-corrected chi connectivity index (χ2v) is 6.32. The average molecular weight is 250 g/mol. The van der Waals surface area contributed by atoms with Crippen LogP contribution in [0.25, 0.3) is 0 Å². The van der Waals surface area contributed by atoms with Crippen molar-refractivity contribution < 1.29 is 0 Å². The van der Waals surface area contributed by atoms with Crippen LogP contribution in [0.5, 0.6) is 0 Å². The van der Waals surface area contributed by atoms with Crippen LogP contribution >= 0.6 is 11.3 Å². The first kappa shape index (κ1) is 11.7. The summed E-state index contributed by atoms with van der Waals surface area (Å²) in [6.45, 7) is 4.98. The minimum Gasteiger partial charge on any atom is -0.310 e. The zero-order valence-corrected chi connectivity index (χ0v) is 11.4. The van der Waals surface area contributed by atoms with Crippen LogP contribution in [0.3, 0.4) is 0 Å². The van der Waals surface area contributed by atoms with Gasteiger partial charge in [0.1, 0.15) is 0 Å². The van der Waals surface area contributed by atoms with Crippen LogP contribution in [0.4, 0.5) is 0 Å². The summed E-state index contributed by atoms with van der Waals surface area (Å²) in [7, 11) is 0. The van der Waals surface area contributed by atoms with E-state index in [2.05, 4.69) is 34.0 Å². The molecular weight excluding hydrogens is 228 g/mol. The number of nitrogens with zero attached hydrogens (tertiary/aromatic N) is 1. The summed E-state index contributed by atoms with van der Waals surface area (Å²) in [5.41, 5.74) is 1.48. The molecule has 1 aromatic heterocycles. The van der Waals surface area contributed by atoms with E-state index >= 15 is 0 Å². The van der Waals surface area contributed by atoms with Crippen molar-refractivity contribution in [1.82, 2.24) is 10.2 Å². The van der Waals surface area contributed by atoms with Crippen molar-refractivity contribution in [3.05, 3.63) is 22.4 Å². The van der Waals surface area contributed by atoms with Gasteiger partial charge in [0.05, 0.1) is 0 Å². The molecule has 0 saturated carbocycles. The zero-order valence-electron chi connectivity index (χ0n) is 10.6. The summed E-state index contributed by atoms with van der Waals surface area (Å²) in [4.78, 5) is 2.68. The lowest BCUT2D eigenvalue weighted by molar-refractivity contribution is 0.290. The number of rotatable bonds is 4. The molecule has 2 aliphatic rings. The maximum Gasteiger partial charge on any atom is 0.0250 e. The van der Waals surface area contributed by atoms with Gasteiger partial charge in [0.25, 0.3) is 0 Å². The number of hydrogen-bond donors (Lipinski definition) is 1. The molecule has 3 atom stereocenters. The fourth-order valence-electron chi connectivity index (χ4n) is 3.46. The summed E-state index contributed by atoms with van der Waals surface area (Å²) in [6.07, 6.45) is 5.33. The molecular formula is C14H22N2S. The van der Waals surface area contributed by atoms with Gasteiger partial charge >= 0.3 is 0 Å². The molecule has 2 fully saturated rings. The number of nitrogens with one attached hydrogen (secondary N) is 1. The fraction of sp³-hybridized carbons (Fsp3) is 0.714. The monoisotopic (exact) mass is 250 g/mol. The van der Waals surface area contributed by atoms with Crippen LogP contribution in [0.1, 0.15) is 31.7 Å². The Kier molecular flexibility index (Phi) is 3.50. The smallest absolute Gasteiger partial charge is 0.0250 e. The largest absolute Gasteiger partial charge is 0.310 e. The lowest BCUT2D eigenvalue weighted by Gasteiger charge is -2.25. The predicted octanol–water partition coefficient (Wildman–Crippen LogP) is 2.51. The van der Waals surface area contributed by atoms with Gasteiger partial charge < -0.3 is 5.32 Å². The summed E-state index contributed by atoms with van der Waals surface area (Å²) >= 11 is 1.80. The Labute approximate surface area is 108 Å². The van der Waals surface area contributed by atoms with Crippen molar-refractivity contribution in [3.8, 4) is 0 Å². The van der Waals surface area contributed by atoms with Crippen LogP contribution in [-0.2, 0) is 6.42 Å². The van der Waals surface area contributed by atoms with E-state index < -0.39 is 0 Å². The van der Waals surface area contributed by atoms with Gasteiger partial charge in [-0.15, -0.1) is 0 Å². The summed E-state index contributed by atoms with van der Waals surface area (Å²) in [5, 5.41) is 8.30. The summed E-state index contributed by atoms with van der Waals surface area (Å²) < 4.78 is 0. The molecule has 17 heavy (non-hydrogen) atoms. The van der Waals surface area contributed by atoms with E-state index in [1.54, 1.807) is 11.3 Å². The minimum atomic E-state index is 0.607. The molecule has 1 aromatic rings. The van der Waals surface area contributed by atoms with Gasteiger partial charge in [0.15, 0.2) is 0 Å². The van der Waals surface area contributed by atoms with E-state index in [0.29, 0.717) is 6.04 Å². The third-order valence-electron chi connectivity index (χ3n) is 4.23. The van der Waals surface area contributed by atoms with E-state index in [-0.39, 0.29) is 0 Å². The van der Waals surface area contributed by atoms with Crippen molar-refractivity contribution in [2.75, 3.05) is 13.1 Å². The van der Waals surface area contributed by atoms with Crippen molar-refractivity contribution in [2.24, 2.45) is 0 Å². The average Bonchev–Trinajstić information content (AvgIpc) is 2.97. The highest BCUT2D eigenvalue weighted by Crippen LogP contribution is 2.28. The molecule has 2 aliphatic heterocycles. The Bertz CT molecular complexity index is 349. The maximum atomic E-state index is 3.85. The molecule has 3 heterocycles. The van der Waals surface area contributed by atoms with E-state index in [0.717, 1.165) is 12.1 Å². The zero-order chi connectivity index (χ0) is 11.7. The van der Waals surface area contributed by atoms with Gasteiger partial charge in [0, 0.05) is 24.7 Å². The third kappa shape index (κ3) is 2.56. The fourth-order valence-corrected chi connectivity index (χ4v) is 4.15. The molecule has 1 N–H and O–H groups in total. The molecule has 0 amide bonds. The Morgan fingerprint density at radius 2 is 2.41 bits per heavy atom. The molecule has 3 heteroatoms. The molecule has 3 rings (SSSR count). The van der Waals surface area contributed by atoms with Crippen LogP contribution in [-0.4, -0.2) is 36.1 Å². The topological polar surface area (TPSA) is 15.3 Å². The highest BCUT2D eigenvalue weighted by molar-refractivity contribution is 7.07. The molecule has 3 unspecified atom stereocenters. The van der Waals surface area contributed by atoms with Crippen molar-refractivity contribution in [2.45, 2.75) is 50.7 Å². The van der Waals surface area contributed by atoms with E-state index in [9.17, 15) is 0 Å². The lowest BCUT2D eigenvalue weighted by Crippen LogP contribution is -2.44. The molecule has 0 spiro atoms.